The number of nitrogens with zero attached hydrogens (tertiary/aromatic N) is 5. The Labute approximate surface area is 251 Å². The number of anilines is 2. The van der Waals surface area contributed by atoms with E-state index in [-0.39, 0.29) is 45.3 Å². The molecule has 13 nitrogen and oxygen atoms in total. The molecule has 1 amide bonds. The van der Waals surface area contributed by atoms with Crippen LogP contribution in [-0.2, 0) is 22.7 Å². The quantitative estimate of drug-likeness (QED) is 0.157. The molecule has 0 saturated heterocycles. The number of fused-ring (bicyclic) bond motifs is 1. The molecule has 17 heteroatoms. The molecule has 44 heavy (non-hydrogen) atoms. The molecule has 2 atom stereocenters. The summed E-state index contributed by atoms with van der Waals surface area (Å²) < 4.78 is 41.3. The summed E-state index contributed by atoms with van der Waals surface area (Å²) in [5.41, 5.74) is -1.88. The number of carbonyl (C=O) groups is 1. The maximum atomic E-state index is 13.4. The van der Waals surface area contributed by atoms with Crippen molar-refractivity contribution in [1.82, 2.24) is 29.4 Å². The number of thiazole rings is 1. The van der Waals surface area contributed by atoms with E-state index in [1.54, 1.807) is 6.92 Å². The van der Waals surface area contributed by atoms with Crippen molar-refractivity contribution in [2.45, 2.75) is 76.4 Å². The number of aliphatic hydroxyl groups is 4. The monoisotopic (exact) mass is 637 g/mol. The van der Waals surface area contributed by atoms with Gasteiger partial charge in [0.05, 0.1) is 29.0 Å². The first-order valence-corrected chi connectivity index (χ1v) is 14.4. The molecule has 0 aromatic carbocycles. The lowest BCUT2D eigenvalue weighted by Crippen LogP contribution is -2.41. The van der Waals surface area contributed by atoms with Crippen molar-refractivity contribution in [3.8, 4) is 10.7 Å². The van der Waals surface area contributed by atoms with Crippen LogP contribution in [0.15, 0.2) is 35.4 Å². The highest BCUT2D eigenvalue weighted by Crippen LogP contribution is 2.38. The van der Waals surface area contributed by atoms with Crippen LogP contribution in [0, 0.1) is 0 Å². The first kappa shape index (κ1) is 31.5. The van der Waals surface area contributed by atoms with Crippen molar-refractivity contribution in [3.63, 3.8) is 0 Å². The molecule has 4 aromatic heterocycles. The standard InChI is InChI=1S/C27H30F3N7O6S/c1-4-22(38)33-14-5-6-15(9-14)36-17-10-20(31-11-18(17)37(24(36)39)27(41,42)43)35-21-8-13(25(2,3)40)7-16(34-21)23-32-12-19(44-23)26(28,29)30/h7-8,10-12,14-15,40-43H,4-6,9H2,1-3H3,(H,33,38)(H,31,34,35). The Morgan fingerprint density at radius 3 is 2.39 bits per heavy atom. The highest BCUT2D eigenvalue weighted by atomic mass is 32.1. The lowest BCUT2D eigenvalue weighted by molar-refractivity contribution is -0.374. The van der Waals surface area contributed by atoms with E-state index >= 15 is 0 Å². The number of hydrogen-bond donors (Lipinski definition) is 6. The van der Waals surface area contributed by atoms with E-state index in [0.29, 0.717) is 53.3 Å². The Balaban J connectivity index is 1.56. The molecule has 6 N–H and O–H groups in total. The number of halogens is 3. The molecule has 1 fully saturated rings. The van der Waals surface area contributed by atoms with Gasteiger partial charge in [0.2, 0.25) is 5.91 Å². The second-order valence-electron chi connectivity index (χ2n) is 11.1. The van der Waals surface area contributed by atoms with Crippen molar-refractivity contribution >= 4 is 39.9 Å². The maximum absolute atomic E-state index is 13.4. The number of alkyl halides is 3. The summed E-state index contributed by atoms with van der Waals surface area (Å²) in [7, 11) is 0. The van der Waals surface area contributed by atoms with Crippen LogP contribution in [0.2, 0.25) is 0 Å². The highest BCUT2D eigenvalue weighted by molar-refractivity contribution is 7.15. The molecule has 0 radical (unpaired) electrons. The van der Waals surface area contributed by atoms with Gasteiger partial charge in [-0.1, -0.05) is 6.92 Å². The first-order valence-electron chi connectivity index (χ1n) is 13.6. The Bertz CT molecular complexity index is 1770. The van der Waals surface area contributed by atoms with Crippen LogP contribution in [0.3, 0.4) is 0 Å². The number of carbonyl (C=O) groups excluding carboxylic acids is 1. The van der Waals surface area contributed by atoms with E-state index in [9.17, 15) is 43.2 Å². The van der Waals surface area contributed by atoms with Crippen LogP contribution in [-0.4, -0.2) is 56.5 Å². The lowest BCUT2D eigenvalue weighted by Gasteiger charge is -2.19. The Morgan fingerprint density at radius 2 is 1.77 bits per heavy atom. The van der Waals surface area contributed by atoms with E-state index in [1.165, 1.54) is 36.6 Å². The first-order chi connectivity index (χ1) is 20.5. The van der Waals surface area contributed by atoms with Crippen LogP contribution in [0.25, 0.3) is 21.7 Å². The number of pyridine rings is 2. The van der Waals surface area contributed by atoms with E-state index in [2.05, 4.69) is 25.6 Å². The number of aromatic nitrogens is 5. The number of hydrogen-bond acceptors (Lipinski definition) is 11. The topological polar surface area (TPSA) is 188 Å². The normalized spacial score (nSPS) is 17.8. The van der Waals surface area contributed by atoms with Gasteiger partial charge in [0.15, 0.2) is 0 Å². The van der Waals surface area contributed by atoms with Crippen LogP contribution in [0.5, 0.6) is 0 Å². The molecule has 1 aliphatic rings. The molecular weight excluding hydrogens is 607 g/mol. The maximum Gasteiger partial charge on any atom is 0.427 e. The summed E-state index contributed by atoms with van der Waals surface area (Å²) in [6.45, 7) is 4.71. The van der Waals surface area contributed by atoms with Crippen LogP contribution < -0.4 is 16.3 Å². The number of rotatable bonds is 8. The minimum atomic E-state index is -4.59. The predicted molar refractivity (Wildman–Crippen MR) is 153 cm³/mol. The number of amides is 1. The van der Waals surface area contributed by atoms with Gasteiger partial charge in [0.1, 0.15) is 27.2 Å². The van der Waals surface area contributed by atoms with Crippen molar-refractivity contribution < 1.29 is 38.4 Å². The van der Waals surface area contributed by atoms with E-state index in [1.807, 2.05) is 0 Å². The van der Waals surface area contributed by atoms with Crippen LogP contribution in [0.1, 0.15) is 62.9 Å². The average Bonchev–Trinajstić information content (AvgIpc) is 3.64. The fourth-order valence-corrected chi connectivity index (χ4v) is 5.94. The zero-order chi connectivity index (χ0) is 32.2. The molecule has 5 rings (SSSR count). The molecule has 0 spiro atoms. The van der Waals surface area contributed by atoms with Gasteiger partial charge in [-0.05, 0) is 50.8 Å². The van der Waals surface area contributed by atoms with Gasteiger partial charge in [-0.25, -0.2) is 24.3 Å². The molecule has 2 unspecified atom stereocenters. The summed E-state index contributed by atoms with van der Waals surface area (Å²) in [5, 5.41) is 46.4. The van der Waals surface area contributed by atoms with Crippen LogP contribution in [0.4, 0.5) is 24.8 Å². The zero-order valence-corrected chi connectivity index (χ0v) is 24.6. The van der Waals surface area contributed by atoms with Crippen molar-refractivity contribution in [2.24, 2.45) is 0 Å². The van der Waals surface area contributed by atoms with Crippen molar-refractivity contribution in [1.29, 1.82) is 0 Å². The highest BCUT2D eigenvalue weighted by Gasteiger charge is 2.36. The van der Waals surface area contributed by atoms with Gasteiger partial charge in [-0.15, -0.1) is 11.3 Å². The second kappa shape index (κ2) is 11.2. The van der Waals surface area contributed by atoms with Gasteiger partial charge in [-0.3, -0.25) is 9.36 Å². The third-order valence-electron chi connectivity index (χ3n) is 7.31. The molecule has 4 heterocycles. The third-order valence-corrected chi connectivity index (χ3v) is 8.37. The van der Waals surface area contributed by atoms with E-state index in [0.717, 1.165) is 6.20 Å². The predicted octanol–water partition coefficient (Wildman–Crippen LogP) is 2.87. The van der Waals surface area contributed by atoms with Gasteiger partial charge in [0.25, 0.3) is 0 Å². The minimum absolute atomic E-state index is 0.0306. The zero-order valence-electron chi connectivity index (χ0n) is 23.8. The fourth-order valence-electron chi connectivity index (χ4n) is 5.19. The summed E-state index contributed by atoms with van der Waals surface area (Å²) in [5.74, 6) is 0.0550. The molecule has 236 valence electrons. The minimum Gasteiger partial charge on any atom is -0.386 e. The summed E-state index contributed by atoms with van der Waals surface area (Å²) in [6.07, 6.45) is -4.58. The van der Waals surface area contributed by atoms with Gasteiger partial charge < -0.3 is 31.1 Å². The molecule has 1 saturated carbocycles. The fraction of sp³-hybridized carbons (Fsp3) is 0.444. The van der Waals surface area contributed by atoms with Gasteiger partial charge in [-0.2, -0.15) is 13.2 Å². The summed E-state index contributed by atoms with van der Waals surface area (Å²) >= 11 is 0.395. The number of nitrogens with one attached hydrogen (secondary N) is 2. The SMILES string of the molecule is CCC(=O)NC1CCC(n2c(=O)n(C(O)(O)O)c3cnc(Nc4cc(C(C)(C)O)cc(-c5ncc(C(F)(F)F)s5)n4)cc32)C1. The van der Waals surface area contributed by atoms with E-state index in [4.69, 9.17) is 0 Å². The Kier molecular flexibility index (Phi) is 8.04. The second-order valence-corrected chi connectivity index (χ2v) is 12.1. The smallest absolute Gasteiger partial charge is 0.386 e. The summed E-state index contributed by atoms with van der Waals surface area (Å²) in [4.78, 5) is 36.8. The molecular formula is C27H30F3N7O6S. The van der Waals surface area contributed by atoms with Crippen molar-refractivity contribution in [2.75, 3.05) is 5.32 Å². The molecule has 0 bridgehead atoms. The molecule has 4 aromatic rings. The summed E-state index contributed by atoms with van der Waals surface area (Å²) in [6, 6.07) is 3.64. The molecule has 0 aliphatic heterocycles. The van der Waals surface area contributed by atoms with Gasteiger partial charge >= 0.3 is 18.0 Å². The van der Waals surface area contributed by atoms with E-state index < -0.39 is 34.5 Å². The third kappa shape index (κ3) is 6.32. The van der Waals surface area contributed by atoms with Gasteiger partial charge in [0, 0.05) is 24.6 Å². The Morgan fingerprint density at radius 1 is 1.05 bits per heavy atom. The van der Waals surface area contributed by atoms with Crippen LogP contribution >= 0.6 is 11.3 Å². The largest absolute Gasteiger partial charge is 0.427 e. The number of imidazole rings is 1. The lowest BCUT2D eigenvalue weighted by atomic mass is 9.98. The van der Waals surface area contributed by atoms with Crippen molar-refractivity contribution in [3.05, 3.63) is 51.5 Å². The Hall–Kier alpha value is -3.90. The average molecular weight is 638 g/mol. The molecule has 1 aliphatic carbocycles.